The van der Waals surface area contributed by atoms with E-state index in [9.17, 15) is 9.59 Å². The second kappa shape index (κ2) is 8.12. The Labute approximate surface area is 159 Å². The van der Waals surface area contributed by atoms with E-state index in [4.69, 9.17) is 4.74 Å². The second-order valence-corrected chi connectivity index (χ2v) is 6.68. The first kappa shape index (κ1) is 18.8. The van der Waals surface area contributed by atoms with Gasteiger partial charge in [-0.1, -0.05) is 12.1 Å². The molecule has 0 aromatic heterocycles. The van der Waals surface area contributed by atoms with Crippen LogP contribution >= 0.6 is 0 Å². The van der Waals surface area contributed by atoms with Crippen molar-refractivity contribution >= 4 is 23.3 Å². The first-order valence-corrected chi connectivity index (χ1v) is 9.15. The van der Waals surface area contributed by atoms with Crippen molar-refractivity contribution in [3.05, 3.63) is 53.6 Å². The summed E-state index contributed by atoms with van der Waals surface area (Å²) in [6.07, 6.45) is 0.285. The standard InChI is InChI=1S/C21H25N3O3/c1-4-27-18-10-8-17(9-11-18)24-13-16(12-20(24)25)22-21(26)23-19-7-5-6-14(2)15(19)3/h5-11,16H,4,12-13H2,1-3H3,(H2,22,23,26). The largest absolute Gasteiger partial charge is 0.494 e. The Morgan fingerprint density at radius 3 is 2.63 bits per heavy atom. The highest BCUT2D eigenvalue weighted by Crippen LogP contribution is 2.24. The Morgan fingerprint density at radius 2 is 1.93 bits per heavy atom. The summed E-state index contributed by atoms with van der Waals surface area (Å²) in [5.41, 5.74) is 3.74. The number of hydrogen-bond donors (Lipinski definition) is 2. The summed E-state index contributed by atoms with van der Waals surface area (Å²) in [5, 5.41) is 5.77. The van der Waals surface area contributed by atoms with Crippen molar-refractivity contribution in [2.45, 2.75) is 33.2 Å². The molecule has 1 aliphatic rings. The van der Waals surface area contributed by atoms with Crippen LogP contribution in [-0.4, -0.2) is 31.1 Å². The van der Waals surface area contributed by atoms with Gasteiger partial charge in [0.1, 0.15) is 5.75 Å². The van der Waals surface area contributed by atoms with E-state index in [1.165, 1.54) is 0 Å². The number of carbonyl (C=O) groups is 2. The predicted molar refractivity (Wildman–Crippen MR) is 106 cm³/mol. The summed E-state index contributed by atoms with van der Waals surface area (Å²) in [6, 6.07) is 12.7. The van der Waals surface area contributed by atoms with Crippen molar-refractivity contribution in [2.24, 2.45) is 0 Å². The van der Waals surface area contributed by atoms with E-state index in [0.717, 1.165) is 28.3 Å². The van der Waals surface area contributed by atoms with Gasteiger partial charge in [-0.25, -0.2) is 4.79 Å². The lowest BCUT2D eigenvalue weighted by molar-refractivity contribution is -0.117. The highest BCUT2D eigenvalue weighted by atomic mass is 16.5. The summed E-state index contributed by atoms with van der Waals surface area (Å²) >= 11 is 0. The van der Waals surface area contributed by atoms with Crippen LogP contribution in [0.3, 0.4) is 0 Å². The molecule has 1 unspecified atom stereocenters. The third kappa shape index (κ3) is 4.39. The maximum absolute atomic E-state index is 12.4. The molecule has 1 heterocycles. The zero-order valence-corrected chi connectivity index (χ0v) is 15.9. The number of aryl methyl sites for hydroxylation is 1. The Hall–Kier alpha value is -3.02. The van der Waals surface area contributed by atoms with Crippen LogP contribution in [-0.2, 0) is 4.79 Å². The Balaban J connectivity index is 1.60. The van der Waals surface area contributed by atoms with E-state index in [1.807, 2.05) is 63.2 Å². The van der Waals surface area contributed by atoms with Crippen molar-refractivity contribution in [3.8, 4) is 5.75 Å². The number of nitrogens with one attached hydrogen (secondary N) is 2. The normalized spacial score (nSPS) is 16.3. The number of nitrogens with zero attached hydrogens (tertiary/aromatic N) is 1. The van der Waals surface area contributed by atoms with Gasteiger partial charge in [0.25, 0.3) is 0 Å². The van der Waals surface area contributed by atoms with Crippen LogP contribution in [0, 0.1) is 13.8 Å². The van der Waals surface area contributed by atoms with E-state index >= 15 is 0 Å². The topological polar surface area (TPSA) is 70.7 Å². The van der Waals surface area contributed by atoms with E-state index in [1.54, 1.807) is 4.90 Å². The summed E-state index contributed by atoms with van der Waals surface area (Å²) in [5.74, 6) is 0.770. The van der Waals surface area contributed by atoms with Gasteiger partial charge in [-0.05, 0) is 62.2 Å². The fraction of sp³-hybridized carbons (Fsp3) is 0.333. The van der Waals surface area contributed by atoms with Crippen LogP contribution in [0.4, 0.5) is 16.2 Å². The summed E-state index contributed by atoms with van der Waals surface area (Å²) in [4.78, 5) is 26.4. The summed E-state index contributed by atoms with van der Waals surface area (Å²) < 4.78 is 5.43. The van der Waals surface area contributed by atoms with Crippen LogP contribution in [0.15, 0.2) is 42.5 Å². The van der Waals surface area contributed by atoms with Crippen LogP contribution in [0.2, 0.25) is 0 Å². The molecule has 6 nitrogen and oxygen atoms in total. The van der Waals surface area contributed by atoms with E-state index in [-0.39, 0.29) is 24.4 Å². The molecule has 0 bridgehead atoms. The minimum absolute atomic E-state index is 0.00352. The zero-order valence-electron chi connectivity index (χ0n) is 15.9. The van der Waals surface area contributed by atoms with Crippen LogP contribution < -0.4 is 20.3 Å². The first-order chi connectivity index (χ1) is 13.0. The molecule has 0 spiro atoms. The lowest BCUT2D eigenvalue weighted by Crippen LogP contribution is -2.39. The average Bonchev–Trinajstić information content (AvgIpc) is 3.00. The average molecular weight is 367 g/mol. The molecule has 1 atom stereocenters. The van der Waals surface area contributed by atoms with Crippen molar-refractivity contribution in [1.29, 1.82) is 0 Å². The van der Waals surface area contributed by atoms with E-state index < -0.39 is 0 Å². The minimum atomic E-state index is -0.296. The second-order valence-electron chi connectivity index (χ2n) is 6.68. The predicted octanol–water partition coefficient (Wildman–Crippen LogP) is 3.63. The molecule has 1 fully saturated rings. The molecule has 0 saturated carbocycles. The maximum Gasteiger partial charge on any atom is 0.319 e. The van der Waals surface area contributed by atoms with Gasteiger partial charge in [-0.3, -0.25) is 4.79 Å². The number of benzene rings is 2. The third-order valence-corrected chi connectivity index (χ3v) is 4.77. The molecule has 6 heteroatoms. The number of hydrogen-bond acceptors (Lipinski definition) is 3. The highest BCUT2D eigenvalue weighted by molar-refractivity contribution is 5.97. The van der Waals surface area contributed by atoms with Gasteiger partial charge in [0, 0.05) is 24.3 Å². The first-order valence-electron chi connectivity index (χ1n) is 9.15. The Kier molecular flexibility index (Phi) is 5.64. The molecule has 0 radical (unpaired) electrons. The van der Waals surface area contributed by atoms with Crippen LogP contribution in [0.25, 0.3) is 0 Å². The number of carbonyl (C=O) groups excluding carboxylic acids is 2. The lowest BCUT2D eigenvalue weighted by Gasteiger charge is -2.18. The minimum Gasteiger partial charge on any atom is -0.494 e. The molecular formula is C21H25N3O3. The van der Waals surface area contributed by atoms with Gasteiger partial charge in [0.05, 0.1) is 12.6 Å². The van der Waals surface area contributed by atoms with Gasteiger partial charge in [0.15, 0.2) is 0 Å². The number of urea groups is 1. The highest BCUT2D eigenvalue weighted by Gasteiger charge is 2.31. The number of ether oxygens (including phenoxy) is 1. The molecule has 142 valence electrons. The number of anilines is 2. The maximum atomic E-state index is 12.4. The molecule has 0 aliphatic carbocycles. The van der Waals surface area contributed by atoms with Crippen molar-refractivity contribution in [2.75, 3.05) is 23.4 Å². The lowest BCUT2D eigenvalue weighted by atomic mass is 10.1. The van der Waals surface area contributed by atoms with Crippen LogP contribution in [0.1, 0.15) is 24.5 Å². The zero-order chi connectivity index (χ0) is 19.4. The van der Waals surface area contributed by atoms with Crippen molar-refractivity contribution in [1.82, 2.24) is 5.32 Å². The Morgan fingerprint density at radius 1 is 1.19 bits per heavy atom. The number of rotatable bonds is 5. The Bertz CT molecular complexity index is 833. The van der Waals surface area contributed by atoms with Gasteiger partial charge >= 0.3 is 6.03 Å². The monoisotopic (exact) mass is 367 g/mol. The molecule has 2 N–H and O–H groups in total. The third-order valence-electron chi connectivity index (χ3n) is 4.77. The molecule has 1 saturated heterocycles. The quantitative estimate of drug-likeness (QED) is 0.848. The molecule has 3 amide bonds. The van der Waals surface area contributed by atoms with Crippen molar-refractivity contribution in [3.63, 3.8) is 0 Å². The summed E-state index contributed by atoms with van der Waals surface area (Å²) in [7, 11) is 0. The molecule has 27 heavy (non-hydrogen) atoms. The molecule has 1 aliphatic heterocycles. The van der Waals surface area contributed by atoms with E-state index in [2.05, 4.69) is 10.6 Å². The molecular weight excluding hydrogens is 342 g/mol. The number of amides is 3. The summed E-state index contributed by atoms with van der Waals surface area (Å²) in [6.45, 7) is 6.95. The molecule has 2 aromatic carbocycles. The molecule has 2 aromatic rings. The molecule has 3 rings (SSSR count). The van der Waals surface area contributed by atoms with E-state index in [0.29, 0.717) is 13.2 Å². The fourth-order valence-corrected chi connectivity index (χ4v) is 3.17. The van der Waals surface area contributed by atoms with Gasteiger partial charge in [-0.2, -0.15) is 0 Å². The SMILES string of the molecule is CCOc1ccc(N2CC(NC(=O)Nc3cccc(C)c3C)CC2=O)cc1. The fourth-order valence-electron chi connectivity index (χ4n) is 3.17. The van der Waals surface area contributed by atoms with Crippen LogP contribution in [0.5, 0.6) is 5.75 Å². The van der Waals surface area contributed by atoms with Crippen molar-refractivity contribution < 1.29 is 14.3 Å². The van der Waals surface area contributed by atoms with Gasteiger partial charge in [0.2, 0.25) is 5.91 Å². The smallest absolute Gasteiger partial charge is 0.319 e. The van der Waals surface area contributed by atoms with Gasteiger partial charge in [-0.15, -0.1) is 0 Å². The van der Waals surface area contributed by atoms with Gasteiger partial charge < -0.3 is 20.3 Å².